The summed E-state index contributed by atoms with van der Waals surface area (Å²) in [6, 6.07) is 5.39. The molecule has 2 nitrogen and oxygen atoms in total. The highest BCUT2D eigenvalue weighted by Crippen LogP contribution is 2.69. The largest absolute Gasteiger partial charge is 0.355 e. The third-order valence-corrected chi connectivity index (χ3v) is 16.9. The van der Waals surface area contributed by atoms with Gasteiger partial charge in [0.25, 0.3) is 0 Å². The summed E-state index contributed by atoms with van der Waals surface area (Å²) in [5.41, 5.74) is 11.6. The predicted molar refractivity (Wildman–Crippen MR) is 193 cm³/mol. The molecule has 0 amide bonds. The van der Waals surface area contributed by atoms with E-state index in [-0.39, 0.29) is 33.2 Å². The van der Waals surface area contributed by atoms with Gasteiger partial charge in [0.05, 0.1) is 5.70 Å². The topological polar surface area (TPSA) is 6.48 Å². The Balaban J connectivity index is 1.46. The number of anilines is 1. The first-order chi connectivity index (χ1) is 21.0. The van der Waals surface area contributed by atoms with Gasteiger partial charge in [0.1, 0.15) is 6.17 Å². The molecule has 2 heteroatoms. The van der Waals surface area contributed by atoms with Gasteiger partial charge in [-0.05, 0) is 107 Å². The predicted octanol–water partition coefficient (Wildman–Crippen LogP) is 11.4. The number of benzene rings is 1. The van der Waals surface area contributed by atoms with E-state index in [9.17, 15) is 0 Å². The highest BCUT2D eigenvalue weighted by atomic mass is 15.4. The molecule has 5 aliphatic carbocycles. The third kappa shape index (κ3) is 3.44. The van der Waals surface area contributed by atoms with Crippen LogP contribution in [0.3, 0.4) is 0 Å². The van der Waals surface area contributed by atoms with E-state index in [1.165, 1.54) is 56.3 Å². The lowest BCUT2D eigenvalue weighted by Gasteiger charge is -2.59. The van der Waals surface area contributed by atoms with E-state index in [2.05, 4.69) is 124 Å². The fourth-order valence-corrected chi connectivity index (χ4v) is 12.7. The highest BCUT2D eigenvalue weighted by Gasteiger charge is 2.65. The smallest absolute Gasteiger partial charge is 0.116 e. The molecule has 2 bridgehead atoms. The second-order valence-electron chi connectivity index (χ2n) is 18.5. The summed E-state index contributed by atoms with van der Waals surface area (Å²) in [6.07, 6.45) is 17.2. The summed E-state index contributed by atoms with van der Waals surface area (Å²) in [7, 11) is 2.44. The van der Waals surface area contributed by atoms with Crippen LogP contribution in [-0.4, -0.2) is 18.1 Å². The van der Waals surface area contributed by atoms with Gasteiger partial charge in [0.2, 0.25) is 0 Å². The van der Waals surface area contributed by atoms with Crippen LogP contribution < -0.4 is 4.90 Å². The van der Waals surface area contributed by atoms with Gasteiger partial charge in [-0.1, -0.05) is 113 Å². The number of fused-ring (bicyclic) bond motifs is 7. The molecule has 246 valence electrons. The molecule has 0 spiro atoms. The molecule has 1 aromatic carbocycles. The van der Waals surface area contributed by atoms with Gasteiger partial charge >= 0.3 is 0 Å². The summed E-state index contributed by atoms with van der Waals surface area (Å²) in [5.74, 6) is 2.50. The molecular weight excluding hydrogens is 544 g/mol. The minimum atomic E-state index is -0.0733. The van der Waals surface area contributed by atoms with Gasteiger partial charge in [0, 0.05) is 29.3 Å². The number of nitrogens with zero attached hydrogens (tertiary/aromatic N) is 2. The Bertz CT molecular complexity index is 1500. The number of hydrogen-bond acceptors (Lipinski definition) is 2. The SMILES string of the molecule is C=CC1(CC)C2N(C)C3=C(C=C4C5CCC(C(CCCC)C5)C4(C)C3)N2c2cc3c(cc2C1(C)CC)C(C)(C)C(C)(C)C3(C)C. The molecule has 7 unspecified atom stereocenters. The summed E-state index contributed by atoms with van der Waals surface area (Å²) >= 11 is 0. The Morgan fingerprint density at radius 3 is 2.16 bits per heavy atom. The van der Waals surface area contributed by atoms with Gasteiger partial charge in [0.15, 0.2) is 0 Å². The van der Waals surface area contributed by atoms with Gasteiger partial charge in [-0.15, -0.1) is 6.58 Å². The maximum absolute atomic E-state index is 4.67. The second kappa shape index (κ2) is 9.56. The normalized spacial score (nSPS) is 39.6. The molecule has 7 aliphatic rings. The summed E-state index contributed by atoms with van der Waals surface area (Å²) in [4.78, 5) is 5.61. The first-order valence-corrected chi connectivity index (χ1v) is 18.8. The van der Waals surface area contributed by atoms with E-state index >= 15 is 0 Å². The van der Waals surface area contributed by atoms with Gasteiger partial charge in [-0.3, -0.25) is 0 Å². The molecule has 2 heterocycles. The van der Waals surface area contributed by atoms with Crippen molar-refractivity contribution in [3.05, 3.63) is 64.5 Å². The van der Waals surface area contributed by atoms with Crippen LogP contribution in [0.15, 0.2) is 47.8 Å². The van der Waals surface area contributed by atoms with Crippen molar-refractivity contribution in [2.24, 2.45) is 34.0 Å². The molecule has 3 fully saturated rings. The zero-order valence-corrected chi connectivity index (χ0v) is 31.1. The van der Waals surface area contributed by atoms with Crippen LogP contribution in [0.25, 0.3) is 0 Å². The first kappa shape index (κ1) is 31.6. The van der Waals surface area contributed by atoms with Crippen molar-refractivity contribution in [2.45, 2.75) is 156 Å². The van der Waals surface area contributed by atoms with Gasteiger partial charge in [-0.25, -0.2) is 0 Å². The monoisotopic (exact) mass is 609 g/mol. The lowest BCUT2D eigenvalue weighted by molar-refractivity contribution is 0.0112. The number of unbranched alkanes of at least 4 members (excludes halogenated alkanes) is 1. The minimum Gasteiger partial charge on any atom is -0.355 e. The van der Waals surface area contributed by atoms with Gasteiger partial charge < -0.3 is 9.80 Å². The van der Waals surface area contributed by atoms with Crippen molar-refractivity contribution in [3.63, 3.8) is 0 Å². The molecule has 0 saturated heterocycles. The van der Waals surface area contributed by atoms with Crippen LogP contribution in [0, 0.1) is 34.0 Å². The average molecular weight is 609 g/mol. The van der Waals surface area contributed by atoms with Gasteiger partial charge in [-0.2, -0.15) is 0 Å². The maximum atomic E-state index is 4.67. The molecule has 8 rings (SSSR count). The average Bonchev–Trinajstić information content (AvgIpc) is 3.34. The van der Waals surface area contributed by atoms with Crippen molar-refractivity contribution in [3.8, 4) is 0 Å². The molecule has 0 N–H and O–H groups in total. The van der Waals surface area contributed by atoms with Crippen LogP contribution in [0.2, 0.25) is 0 Å². The first-order valence-electron chi connectivity index (χ1n) is 18.8. The Labute approximate surface area is 276 Å². The molecule has 45 heavy (non-hydrogen) atoms. The van der Waals surface area contributed by atoms with Crippen LogP contribution in [0.1, 0.15) is 151 Å². The zero-order valence-electron chi connectivity index (χ0n) is 31.1. The Kier molecular flexibility index (Phi) is 6.72. The number of rotatable bonds is 6. The van der Waals surface area contributed by atoms with Crippen LogP contribution in [0.4, 0.5) is 5.69 Å². The van der Waals surface area contributed by atoms with Crippen LogP contribution in [-0.2, 0) is 16.2 Å². The fourth-order valence-electron chi connectivity index (χ4n) is 12.7. The molecule has 0 aromatic heterocycles. The minimum absolute atomic E-state index is 0.0149. The summed E-state index contributed by atoms with van der Waals surface area (Å²) in [5, 5.41) is 0. The van der Waals surface area contributed by atoms with E-state index < -0.39 is 0 Å². The lowest BCUT2D eigenvalue weighted by atomic mass is 9.47. The summed E-state index contributed by atoms with van der Waals surface area (Å²) < 4.78 is 0. The van der Waals surface area contributed by atoms with Crippen molar-refractivity contribution in [1.29, 1.82) is 0 Å². The Hall–Kier alpha value is -1.96. The van der Waals surface area contributed by atoms with Crippen molar-refractivity contribution in [2.75, 3.05) is 11.9 Å². The molecule has 1 aromatic rings. The van der Waals surface area contributed by atoms with E-state index in [4.69, 9.17) is 0 Å². The molecular formula is C43H64N2. The second-order valence-corrected chi connectivity index (χ2v) is 18.5. The van der Waals surface area contributed by atoms with Crippen molar-refractivity contribution in [1.82, 2.24) is 4.90 Å². The summed E-state index contributed by atoms with van der Waals surface area (Å²) in [6.45, 7) is 32.2. The Morgan fingerprint density at radius 2 is 1.56 bits per heavy atom. The quantitative estimate of drug-likeness (QED) is 0.296. The molecule has 3 saturated carbocycles. The standard InChI is InChI=1S/C43H64N2/c1-14-18-19-27-22-28-20-21-29(27)41(11)26-36-35(24-30(28)41)45-34-25-32-31(38(5,6)40(9,10)39(32,7)8)23-33(34)42(12,15-2)43(16-3,17-4)37(45)44(36)13/h16,23-25,27-29,37H,3,14-15,17-22,26H2,1-2,4-13H3. The van der Waals surface area contributed by atoms with Crippen LogP contribution >= 0.6 is 0 Å². The third-order valence-electron chi connectivity index (χ3n) is 16.9. The fraction of sp³-hybridized carbons (Fsp3) is 0.721. The molecule has 7 atom stereocenters. The maximum Gasteiger partial charge on any atom is 0.116 e. The van der Waals surface area contributed by atoms with Crippen molar-refractivity contribution < 1.29 is 0 Å². The number of hydrogen-bond donors (Lipinski definition) is 0. The Morgan fingerprint density at radius 1 is 0.889 bits per heavy atom. The van der Waals surface area contributed by atoms with E-state index in [1.807, 2.05) is 0 Å². The highest BCUT2D eigenvalue weighted by molar-refractivity contribution is 5.74. The number of allylic oxidation sites excluding steroid dienone is 3. The van der Waals surface area contributed by atoms with E-state index in [0.29, 0.717) is 5.41 Å². The van der Waals surface area contributed by atoms with Crippen molar-refractivity contribution >= 4 is 5.69 Å². The molecule has 0 radical (unpaired) electrons. The molecule has 2 aliphatic heterocycles. The van der Waals surface area contributed by atoms with E-state index in [0.717, 1.165) is 30.6 Å². The lowest BCUT2D eigenvalue weighted by Crippen LogP contribution is -2.62. The van der Waals surface area contributed by atoms with Crippen LogP contribution in [0.5, 0.6) is 0 Å². The van der Waals surface area contributed by atoms with E-state index in [1.54, 1.807) is 28.0 Å². The zero-order chi connectivity index (χ0) is 32.7.